The summed E-state index contributed by atoms with van der Waals surface area (Å²) in [7, 11) is 0. The van der Waals surface area contributed by atoms with Crippen molar-refractivity contribution in [3.05, 3.63) is 70.8 Å². The first-order valence-corrected chi connectivity index (χ1v) is 10.9. The van der Waals surface area contributed by atoms with Crippen molar-refractivity contribution < 1.29 is 4.79 Å². The fourth-order valence-electron chi connectivity index (χ4n) is 3.94. The number of carbonyl (C=O) groups excluding carboxylic acids is 1. The van der Waals surface area contributed by atoms with Gasteiger partial charge in [-0.25, -0.2) is 4.68 Å². The van der Waals surface area contributed by atoms with Crippen molar-refractivity contribution in [3.8, 4) is 5.69 Å². The van der Waals surface area contributed by atoms with E-state index in [4.69, 9.17) is 0 Å². The molecule has 162 valence electrons. The van der Waals surface area contributed by atoms with E-state index >= 15 is 0 Å². The summed E-state index contributed by atoms with van der Waals surface area (Å²) in [5.41, 5.74) is 5.96. The van der Waals surface area contributed by atoms with Crippen LogP contribution < -0.4 is 5.32 Å². The summed E-state index contributed by atoms with van der Waals surface area (Å²) in [6.45, 7) is 10.8. The molecule has 1 atom stereocenters. The Balaban J connectivity index is 1.55. The van der Waals surface area contributed by atoms with Gasteiger partial charge in [0, 0.05) is 38.1 Å². The average Bonchev–Trinajstić information content (AvgIpc) is 3.15. The van der Waals surface area contributed by atoms with Gasteiger partial charge in [-0.05, 0) is 55.0 Å². The molecule has 0 spiro atoms. The van der Waals surface area contributed by atoms with Gasteiger partial charge in [0.2, 0.25) is 0 Å². The third-order valence-corrected chi connectivity index (χ3v) is 6.15. The van der Waals surface area contributed by atoms with Crippen molar-refractivity contribution in [3.63, 3.8) is 0 Å². The Morgan fingerprint density at radius 2 is 2.03 bits per heavy atom. The maximum absolute atomic E-state index is 12.7. The third kappa shape index (κ3) is 4.51. The highest BCUT2D eigenvalue weighted by molar-refractivity contribution is 5.93. The minimum absolute atomic E-state index is 0.0762. The molecule has 1 N–H and O–H groups in total. The first-order chi connectivity index (χ1) is 14.9. The van der Waals surface area contributed by atoms with Crippen molar-refractivity contribution in [1.82, 2.24) is 30.2 Å². The molecular weight excluding hydrogens is 388 g/mol. The van der Waals surface area contributed by atoms with Gasteiger partial charge in [0.25, 0.3) is 5.91 Å². The van der Waals surface area contributed by atoms with Gasteiger partial charge in [-0.15, -0.1) is 5.10 Å². The Bertz CT molecular complexity index is 1060. The lowest BCUT2D eigenvalue weighted by Crippen LogP contribution is -2.36. The number of hydrogen-bond donors (Lipinski definition) is 1. The van der Waals surface area contributed by atoms with Gasteiger partial charge >= 0.3 is 0 Å². The van der Waals surface area contributed by atoms with Gasteiger partial charge in [-0.2, -0.15) is 0 Å². The quantitative estimate of drug-likeness (QED) is 0.665. The number of fused-ring (bicyclic) bond motifs is 1. The summed E-state index contributed by atoms with van der Waals surface area (Å²) >= 11 is 0. The zero-order chi connectivity index (χ0) is 22.0. The fourth-order valence-corrected chi connectivity index (χ4v) is 3.94. The third-order valence-electron chi connectivity index (χ3n) is 6.15. The van der Waals surface area contributed by atoms with Crippen LogP contribution in [-0.2, 0) is 19.5 Å². The lowest BCUT2D eigenvalue weighted by atomic mass is 9.97. The standard InChI is InChI=1S/C24H30N6O/c1-16(2)17(3)26-24(31)23-18(4)30(28-27-23)22-9-5-8-20-15-29(12-10-21(20)22)14-19-7-6-11-25-13-19/h5-9,11,13,16-17H,10,12,14-15H2,1-4H3,(H,26,31). The molecular formula is C24H30N6O. The second-order valence-electron chi connectivity index (χ2n) is 8.68. The topological polar surface area (TPSA) is 75.9 Å². The van der Waals surface area contributed by atoms with E-state index in [1.807, 2.05) is 30.8 Å². The second-order valence-corrected chi connectivity index (χ2v) is 8.68. The average molecular weight is 419 g/mol. The molecule has 31 heavy (non-hydrogen) atoms. The Kier molecular flexibility index (Phi) is 6.13. The summed E-state index contributed by atoms with van der Waals surface area (Å²) in [4.78, 5) is 19.3. The highest BCUT2D eigenvalue weighted by Gasteiger charge is 2.24. The van der Waals surface area contributed by atoms with Crippen LogP contribution >= 0.6 is 0 Å². The van der Waals surface area contributed by atoms with Crippen molar-refractivity contribution in [1.29, 1.82) is 0 Å². The van der Waals surface area contributed by atoms with Crippen molar-refractivity contribution in [2.24, 2.45) is 5.92 Å². The molecule has 0 bridgehead atoms. The SMILES string of the molecule is Cc1c(C(=O)NC(C)C(C)C)nnn1-c1cccc2c1CCN(Cc1cccnc1)C2. The molecule has 3 heterocycles. The number of hydrogen-bond acceptors (Lipinski definition) is 5. The van der Waals surface area contributed by atoms with Crippen molar-refractivity contribution in [2.45, 2.75) is 53.2 Å². The number of carbonyl (C=O) groups is 1. The number of benzene rings is 1. The Morgan fingerprint density at radius 3 is 2.77 bits per heavy atom. The van der Waals surface area contributed by atoms with Crippen LogP contribution in [0.4, 0.5) is 0 Å². The molecule has 0 saturated heterocycles. The van der Waals surface area contributed by atoms with Gasteiger partial charge in [-0.1, -0.05) is 37.3 Å². The lowest BCUT2D eigenvalue weighted by molar-refractivity contribution is 0.0924. The first-order valence-electron chi connectivity index (χ1n) is 10.9. The molecule has 3 aromatic rings. The molecule has 1 amide bonds. The summed E-state index contributed by atoms with van der Waals surface area (Å²) in [5.74, 6) is 0.187. The van der Waals surface area contributed by atoms with E-state index in [-0.39, 0.29) is 11.9 Å². The summed E-state index contributed by atoms with van der Waals surface area (Å²) in [5, 5.41) is 11.6. The molecule has 0 fully saturated rings. The molecule has 1 aliphatic rings. The van der Waals surface area contributed by atoms with Crippen LogP contribution in [0, 0.1) is 12.8 Å². The Labute approximate surface area is 183 Å². The molecule has 0 aliphatic carbocycles. The monoisotopic (exact) mass is 418 g/mol. The van der Waals surface area contributed by atoms with E-state index in [1.165, 1.54) is 16.7 Å². The van der Waals surface area contributed by atoms with Gasteiger partial charge in [-0.3, -0.25) is 14.7 Å². The normalized spacial score (nSPS) is 15.0. The summed E-state index contributed by atoms with van der Waals surface area (Å²) in [6, 6.07) is 10.5. The predicted molar refractivity (Wildman–Crippen MR) is 120 cm³/mol. The van der Waals surface area contributed by atoms with E-state index in [1.54, 1.807) is 6.20 Å². The largest absolute Gasteiger partial charge is 0.348 e. The first kappa shape index (κ1) is 21.2. The molecule has 7 nitrogen and oxygen atoms in total. The number of nitrogens with one attached hydrogen (secondary N) is 1. The van der Waals surface area contributed by atoms with Crippen LogP contribution in [-0.4, -0.2) is 43.4 Å². The second kappa shape index (κ2) is 8.98. The molecule has 4 rings (SSSR count). The maximum Gasteiger partial charge on any atom is 0.273 e. The lowest BCUT2D eigenvalue weighted by Gasteiger charge is -2.30. The van der Waals surface area contributed by atoms with E-state index < -0.39 is 0 Å². The number of aromatic nitrogens is 4. The molecule has 1 aliphatic heterocycles. The number of nitrogens with zero attached hydrogens (tertiary/aromatic N) is 5. The van der Waals surface area contributed by atoms with E-state index in [0.29, 0.717) is 11.6 Å². The molecule has 0 saturated carbocycles. The van der Waals surface area contributed by atoms with Gasteiger partial charge in [0.1, 0.15) is 0 Å². The maximum atomic E-state index is 12.7. The number of pyridine rings is 1. The predicted octanol–water partition coefficient (Wildman–Crippen LogP) is 3.30. The van der Waals surface area contributed by atoms with Crippen LogP contribution in [0.15, 0.2) is 42.7 Å². The van der Waals surface area contributed by atoms with E-state index in [9.17, 15) is 4.79 Å². The van der Waals surface area contributed by atoms with Crippen LogP contribution in [0.2, 0.25) is 0 Å². The van der Waals surface area contributed by atoms with E-state index in [2.05, 4.69) is 63.6 Å². The van der Waals surface area contributed by atoms with Gasteiger partial charge in [0.05, 0.1) is 11.4 Å². The van der Waals surface area contributed by atoms with Crippen molar-refractivity contribution >= 4 is 5.91 Å². The highest BCUT2D eigenvalue weighted by atomic mass is 16.2. The van der Waals surface area contributed by atoms with Crippen LogP contribution in [0.1, 0.15) is 53.6 Å². The minimum atomic E-state index is -0.169. The van der Waals surface area contributed by atoms with Gasteiger partial charge < -0.3 is 5.32 Å². The van der Waals surface area contributed by atoms with Crippen LogP contribution in [0.25, 0.3) is 5.69 Å². The van der Waals surface area contributed by atoms with Gasteiger partial charge in [0.15, 0.2) is 5.69 Å². The molecule has 7 heteroatoms. The highest BCUT2D eigenvalue weighted by Crippen LogP contribution is 2.27. The number of amides is 1. The minimum Gasteiger partial charge on any atom is -0.348 e. The zero-order valence-corrected chi connectivity index (χ0v) is 18.7. The molecule has 2 aromatic heterocycles. The molecule has 0 radical (unpaired) electrons. The Morgan fingerprint density at radius 1 is 1.19 bits per heavy atom. The summed E-state index contributed by atoms with van der Waals surface area (Å²) < 4.78 is 1.81. The van der Waals surface area contributed by atoms with E-state index in [0.717, 1.165) is 37.4 Å². The summed E-state index contributed by atoms with van der Waals surface area (Å²) in [6.07, 6.45) is 4.66. The zero-order valence-electron chi connectivity index (χ0n) is 18.7. The Hall–Kier alpha value is -3.06. The van der Waals surface area contributed by atoms with Crippen LogP contribution in [0.3, 0.4) is 0 Å². The fraction of sp³-hybridized carbons (Fsp3) is 0.417. The molecule has 1 unspecified atom stereocenters. The molecule has 1 aromatic carbocycles. The van der Waals surface area contributed by atoms with Crippen LogP contribution in [0.5, 0.6) is 0 Å². The smallest absolute Gasteiger partial charge is 0.273 e. The van der Waals surface area contributed by atoms with Crippen molar-refractivity contribution in [2.75, 3.05) is 6.54 Å². The number of rotatable bonds is 6.